The summed E-state index contributed by atoms with van der Waals surface area (Å²) in [5, 5.41) is 12.8. The third kappa shape index (κ3) is 4.08. The lowest BCUT2D eigenvalue weighted by atomic mass is 10.1. The van der Waals surface area contributed by atoms with E-state index in [1.165, 1.54) is 4.90 Å². The molecule has 3 aromatic heterocycles. The number of amides is 1. The Kier molecular flexibility index (Phi) is 5.33. The van der Waals surface area contributed by atoms with Crippen LogP contribution in [0.4, 0.5) is 19.1 Å². The first kappa shape index (κ1) is 20.5. The summed E-state index contributed by atoms with van der Waals surface area (Å²) < 4.78 is 39.8. The molecule has 2 N–H and O–H groups in total. The number of hydrogen-bond acceptors (Lipinski definition) is 7. The molecule has 0 unspecified atom stereocenters. The standard InChI is InChI=1S/C19H18F3N5O2S/c1-10(11-3-2-5-23-8-11)24-18-25-13-7-14(19(20,21)22)30-16(13)15(26-18)17(29)27-6-4-12(28)9-27/h2-3,5,7-8,10,12,28H,4,6,9H2,1H3,(H,24,25,26)/t10-,12+/m0/s1. The van der Waals surface area contributed by atoms with Gasteiger partial charge in [-0.3, -0.25) is 9.78 Å². The number of aliphatic hydroxyl groups is 1. The molecule has 1 fully saturated rings. The summed E-state index contributed by atoms with van der Waals surface area (Å²) in [6, 6.07) is 4.25. The Morgan fingerprint density at radius 1 is 1.40 bits per heavy atom. The first-order valence-corrected chi connectivity index (χ1v) is 10.1. The molecule has 3 aromatic rings. The average molecular weight is 437 g/mol. The number of hydrogen-bond donors (Lipinski definition) is 2. The minimum absolute atomic E-state index is 0.0475. The molecule has 0 saturated carbocycles. The van der Waals surface area contributed by atoms with Gasteiger partial charge >= 0.3 is 6.18 Å². The van der Waals surface area contributed by atoms with E-state index >= 15 is 0 Å². The van der Waals surface area contributed by atoms with Crippen LogP contribution in [0, 0.1) is 0 Å². The molecule has 4 heterocycles. The van der Waals surface area contributed by atoms with Gasteiger partial charge < -0.3 is 15.3 Å². The number of β-amino-alcohol motifs (C(OH)–C–C–N with tert-alkyl or cyclic N) is 1. The molecule has 1 aliphatic heterocycles. The number of aliphatic hydroxyl groups excluding tert-OH is 1. The number of pyridine rings is 1. The summed E-state index contributed by atoms with van der Waals surface area (Å²) in [4.78, 5) is 26.0. The van der Waals surface area contributed by atoms with Crippen LogP contribution in [0.2, 0.25) is 0 Å². The Hall–Kier alpha value is -2.79. The van der Waals surface area contributed by atoms with Crippen molar-refractivity contribution in [3.8, 4) is 0 Å². The molecule has 1 saturated heterocycles. The van der Waals surface area contributed by atoms with E-state index < -0.39 is 23.1 Å². The molecule has 11 heteroatoms. The lowest BCUT2D eigenvalue weighted by molar-refractivity contribution is -0.134. The third-order valence-corrected chi connectivity index (χ3v) is 6.01. The van der Waals surface area contributed by atoms with Crippen LogP contribution in [0.3, 0.4) is 0 Å². The lowest BCUT2D eigenvalue weighted by Crippen LogP contribution is -2.30. The van der Waals surface area contributed by atoms with E-state index in [9.17, 15) is 23.1 Å². The van der Waals surface area contributed by atoms with Crippen molar-refractivity contribution in [2.24, 2.45) is 0 Å². The normalized spacial score (nSPS) is 18.0. The maximum atomic E-state index is 13.3. The molecule has 1 aliphatic rings. The predicted octanol–water partition coefficient (Wildman–Crippen LogP) is 3.49. The largest absolute Gasteiger partial charge is 0.425 e. The van der Waals surface area contributed by atoms with E-state index in [-0.39, 0.29) is 34.4 Å². The molecule has 0 aromatic carbocycles. The van der Waals surface area contributed by atoms with E-state index in [4.69, 9.17) is 0 Å². The Balaban J connectivity index is 1.75. The second-order valence-electron chi connectivity index (χ2n) is 7.06. The maximum absolute atomic E-state index is 13.3. The van der Waals surface area contributed by atoms with E-state index in [2.05, 4.69) is 20.3 Å². The summed E-state index contributed by atoms with van der Waals surface area (Å²) in [6.07, 6.45) is -1.50. The van der Waals surface area contributed by atoms with Crippen molar-refractivity contribution < 1.29 is 23.1 Å². The van der Waals surface area contributed by atoms with E-state index in [0.717, 1.165) is 11.6 Å². The SMILES string of the molecule is C[C@H](Nc1nc(C(=O)N2CC[C@@H](O)C2)c2sc(C(F)(F)F)cc2n1)c1cccnc1. The number of alkyl halides is 3. The quantitative estimate of drug-likeness (QED) is 0.649. The Labute approximate surface area is 173 Å². The van der Waals surface area contributed by atoms with Crippen LogP contribution < -0.4 is 5.32 Å². The lowest BCUT2D eigenvalue weighted by Gasteiger charge is -2.17. The number of carbonyl (C=O) groups excluding carboxylic acids is 1. The Bertz CT molecular complexity index is 1070. The van der Waals surface area contributed by atoms with Crippen molar-refractivity contribution in [1.29, 1.82) is 0 Å². The second kappa shape index (κ2) is 7.80. The number of nitrogens with zero attached hydrogens (tertiary/aromatic N) is 4. The number of aromatic nitrogens is 3. The zero-order chi connectivity index (χ0) is 21.5. The zero-order valence-electron chi connectivity index (χ0n) is 15.8. The molecule has 0 bridgehead atoms. The molecular weight excluding hydrogens is 419 g/mol. The van der Waals surface area contributed by atoms with Gasteiger partial charge in [0.25, 0.3) is 5.91 Å². The topological polar surface area (TPSA) is 91.2 Å². The van der Waals surface area contributed by atoms with Crippen molar-refractivity contribution >= 4 is 33.4 Å². The fourth-order valence-electron chi connectivity index (χ4n) is 3.26. The Morgan fingerprint density at radius 2 is 2.20 bits per heavy atom. The van der Waals surface area contributed by atoms with Gasteiger partial charge in [-0.05, 0) is 31.0 Å². The number of likely N-dealkylation sites (tertiary alicyclic amines) is 1. The molecule has 0 spiro atoms. The molecule has 2 atom stereocenters. The monoisotopic (exact) mass is 437 g/mol. The van der Waals surface area contributed by atoms with Crippen LogP contribution in [0.15, 0.2) is 30.6 Å². The highest BCUT2D eigenvalue weighted by atomic mass is 32.1. The van der Waals surface area contributed by atoms with Gasteiger partial charge in [0, 0.05) is 25.5 Å². The number of halogens is 3. The van der Waals surface area contributed by atoms with Crippen LogP contribution in [-0.4, -0.2) is 50.1 Å². The summed E-state index contributed by atoms with van der Waals surface area (Å²) in [5.74, 6) is -0.472. The average Bonchev–Trinajstić information content (AvgIpc) is 3.33. The van der Waals surface area contributed by atoms with Crippen LogP contribution in [0.5, 0.6) is 0 Å². The van der Waals surface area contributed by atoms with Gasteiger partial charge in [-0.1, -0.05) is 6.07 Å². The van der Waals surface area contributed by atoms with Gasteiger partial charge in [-0.15, -0.1) is 11.3 Å². The van der Waals surface area contributed by atoms with Gasteiger partial charge in [0.1, 0.15) is 4.88 Å². The number of nitrogens with one attached hydrogen (secondary N) is 1. The fourth-order valence-corrected chi connectivity index (χ4v) is 4.21. The van der Waals surface area contributed by atoms with Crippen LogP contribution in [0.1, 0.15) is 40.3 Å². The molecule has 1 amide bonds. The van der Waals surface area contributed by atoms with Gasteiger partial charge in [-0.2, -0.15) is 13.2 Å². The summed E-state index contributed by atoms with van der Waals surface area (Å²) in [7, 11) is 0. The fraction of sp³-hybridized carbons (Fsp3) is 0.368. The summed E-state index contributed by atoms with van der Waals surface area (Å²) in [6.45, 7) is 2.27. The van der Waals surface area contributed by atoms with Crippen molar-refractivity contribution in [1.82, 2.24) is 19.9 Å². The van der Waals surface area contributed by atoms with Gasteiger partial charge in [0.15, 0.2) is 5.69 Å². The predicted molar refractivity (Wildman–Crippen MR) is 105 cm³/mol. The summed E-state index contributed by atoms with van der Waals surface area (Å²) in [5.41, 5.74) is 0.778. The van der Waals surface area contributed by atoms with Crippen molar-refractivity contribution in [2.45, 2.75) is 31.7 Å². The van der Waals surface area contributed by atoms with E-state index in [1.54, 1.807) is 18.5 Å². The zero-order valence-corrected chi connectivity index (χ0v) is 16.7. The third-order valence-electron chi connectivity index (χ3n) is 4.83. The maximum Gasteiger partial charge on any atom is 0.425 e. The highest BCUT2D eigenvalue weighted by molar-refractivity contribution is 7.19. The van der Waals surface area contributed by atoms with Crippen LogP contribution in [0.25, 0.3) is 10.2 Å². The molecular formula is C19H18F3N5O2S. The highest BCUT2D eigenvalue weighted by Crippen LogP contribution is 2.39. The first-order chi connectivity index (χ1) is 14.2. The number of fused-ring (bicyclic) bond motifs is 1. The van der Waals surface area contributed by atoms with Crippen LogP contribution >= 0.6 is 11.3 Å². The van der Waals surface area contributed by atoms with Gasteiger partial charge in [0.05, 0.1) is 22.4 Å². The van der Waals surface area contributed by atoms with Crippen LogP contribution in [-0.2, 0) is 6.18 Å². The molecule has 4 rings (SSSR count). The second-order valence-corrected chi connectivity index (χ2v) is 8.12. The number of anilines is 1. The van der Waals surface area contributed by atoms with E-state index in [0.29, 0.717) is 24.3 Å². The highest BCUT2D eigenvalue weighted by Gasteiger charge is 2.35. The minimum Gasteiger partial charge on any atom is -0.391 e. The van der Waals surface area contributed by atoms with Crippen molar-refractivity contribution in [2.75, 3.05) is 18.4 Å². The number of thiophene rings is 1. The smallest absolute Gasteiger partial charge is 0.391 e. The molecule has 158 valence electrons. The molecule has 0 aliphatic carbocycles. The van der Waals surface area contributed by atoms with Crippen molar-refractivity contribution in [3.63, 3.8) is 0 Å². The minimum atomic E-state index is -4.55. The summed E-state index contributed by atoms with van der Waals surface area (Å²) >= 11 is 0.445. The van der Waals surface area contributed by atoms with Crippen molar-refractivity contribution in [3.05, 3.63) is 46.7 Å². The molecule has 0 radical (unpaired) electrons. The first-order valence-electron chi connectivity index (χ1n) is 9.25. The molecule has 30 heavy (non-hydrogen) atoms. The van der Waals surface area contributed by atoms with Gasteiger partial charge in [-0.25, -0.2) is 9.97 Å². The van der Waals surface area contributed by atoms with E-state index in [1.807, 2.05) is 13.0 Å². The number of rotatable bonds is 4. The Morgan fingerprint density at radius 3 is 2.83 bits per heavy atom. The van der Waals surface area contributed by atoms with Gasteiger partial charge in [0.2, 0.25) is 5.95 Å². The number of carbonyl (C=O) groups is 1. The molecule has 7 nitrogen and oxygen atoms in total.